The molecule has 4 nitrogen and oxygen atoms in total. The standard InChI is InChI=1S/C8H7Cl3O2.C8H9ClO2/c9-5-3-7(11)8(4-6(5)10)13-2-1-12;1-6(10)11-8-5-3-2-4-7(8)9/h3-4,12H,1-2H2;2-6,10H,1H3. The second-order valence-corrected chi connectivity index (χ2v) is 6.05. The van der Waals surface area contributed by atoms with Crippen LogP contribution in [-0.4, -0.2) is 29.7 Å². The van der Waals surface area contributed by atoms with Gasteiger partial charge in [0.05, 0.1) is 26.7 Å². The van der Waals surface area contributed by atoms with Crippen molar-refractivity contribution in [3.63, 3.8) is 0 Å². The average Bonchev–Trinajstić information content (AvgIpc) is 2.52. The number of halogens is 4. The fourth-order valence-corrected chi connectivity index (χ4v) is 2.27. The van der Waals surface area contributed by atoms with Gasteiger partial charge in [-0.1, -0.05) is 58.5 Å². The van der Waals surface area contributed by atoms with Crippen LogP contribution in [0.25, 0.3) is 0 Å². The second kappa shape index (κ2) is 10.9. The van der Waals surface area contributed by atoms with Crippen molar-refractivity contribution in [3.05, 3.63) is 56.5 Å². The Morgan fingerprint density at radius 3 is 2.12 bits per heavy atom. The highest BCUT2D eigenvalue weighted by Gasteiger charge is 2.06. The maximum atomic E-state index is 8.85. The molecule has 1 unspecified atom stereocenters. The Bertz CT molecular complexity index is 650. The van der Waals surface area contributed by atoms with Crippen molar-refractivity contribution in [2.45, 2.75) is 13.2 Å². The van der Waals surface area contributed by atoms with E-state index in [0.29, 0.717) is 31.6 Å². The Labute approximate surface area is 160 Å². The second-order valence-electron chi connectivity index (χ2n) is 4.42. The molecule has 2 N–H and O–H groups in total. The van der Waals surface area contributed by atoms with E-state index in [0.717, 1.165) is 0 Å². The van der Waals surface area contributed by atoms with E-state index in [1.807, 2.05) is 0 Å². The molecule has 0 saturated carbocycles. The number of hydrogen-bond donors (Lipinski definition) is 2. The minimum absolute atomic E-state index is 0.0728. The lowest BCUT2D eigenvalue weighted by molar-refractivity contribution is -0.000222. The highest BCUT2D eigenvalue weighted by Crippen LogP contribution is 2.33. The predicted molar refractivity (Wildman–Crippen MR) is 97.8 cm³/mol. The molecule has 132 valence electrons. The smallest absolute Gasteiger partial charge is 0.194 e. The van der Waals surface area contributed by atoms with E-state index in [-0.39, 0.29) is 13.2 Å². The van der Waals surface area contributed by atoms with Crippen molar-refractivity contribution in [3.8, 4) is 11.5 Å². The Hall–Kier alpha value is -0.880. The van der Waals surface area contributed by atoms with Gasteiger partial charge in [-0.05, 0) is 25.1 Å². The molecule has 2 aromatic rings. The number of rotatable bonds is 5. The molecule has 8 heteroatoms. The number of para-hydroxylation sites is 1. The Morgan fingerprint density at radius 1 is 0.917 bits per heavy atom. The molecule has 0 aliphatic heterocycles. The Kier molecular flexibility index (Phi) is 9.59. The van der Waals surface area contributed by atoms with Gasteiger partial charge in [-0.15, -0.1) is 0 Å². The summed E-state index contributed by atoms with van der Waals surface area (Å²) in [7, 11) is 0. The molecule has 24 heavy (non-hydrogen) atoms. The largest absolute Gasteiger partial charge is 0.490 e. The molecule has 0 aromatic heterocycles. The molecule has 0 amide bonds. The molecular weight excluding hydrogens is 398 g/mol. The van der Waals surface area contributed by atoms with Crippen LogP contribution < -0.4 is 9.47 Å². The van der Waals surface area contributed by atoms with Crippen LogP contribution in [0, 0.1) is 0 Å². The van der Waals surface area contributed by atoms with Crippen molar-refractivity contribution >= 4 is 46.4 Å². The first-order valence-electron chi connectivity index (χ1n) is 6.82. The summed E-state index contributed by atoms with van der Waals surface area (Å²) in [5.41, 5.74) is 0. The summed E-state index contributed by atoms with van der Waals surface area (Å²) in [6.07, 6.45) is -0.824. The summed E-state index contributed by atoms with van der Waals surface area (Å²) in [6, 6.07) is 10.0. The molecule has 2 rings (SSSR count). The van der Waals surface area contributed by atoms with E-state index in [4.69, 9.17) is 66.1 Å². The lowest BCUT2D eigenvalue weighted by Crippen LogP contribution is -2.09. The van der Waals surface area contributed by atoms with Crippen molar-refractivity contribution < 1.29 is 19.7 Å². The van der Waals surface area contributed by atoms with Gasteiger partial charge in [-0.25, -0.2) is 0 Å². The number of benzene rings is 2. The van der Waals surface area contributed by atoms with Crippen LogP contribution in [0.4, 0.5) is 0 Å². The van der Waals surface area contributed by atoms with Crippen LogP contribution in [0.1, 0.15) is 6.92 Å². The summed E-state index contributed by atoms with van der Waals surface area (Å²) < 4.78 is 10.1. The van der Waals surface area contributed by atoms with Crippen LogP contribution in [0.5, 0.6) is 11.5 Å². The van der Waals surface area contributed by atoms with Gasteiger partial charge in [-0.3, -0.25) is 0 Å². The number of aliphatic hydroxyl groups is 2. The Balaban J connectivity index is 0.000000243. The summed E-state index contributed by atoms with van der Waals surface area (Å²) in [4.78, 5) is 0. The topological polar surface area (TPSA) is 58.9 Å². The SMILES string of the molecule is CC(O)Oc1ccccc1Cl.OCCOc1cc(Cl)c(Cl)cc1Cl. The first kappa shape index (κ1) is 21.2. The molecule has 2 aromatic carbocycles. The molecule has 0 radical (unpaired) electrons. The third-order valence-electron chi connectivity index (χ3n) is 2.46. The summed E-state index contributed by atoms with van der Waals surface area (Å²) in [5, 5.41) is 19.0. The minimum Gasteiger partial charge on any atom is -0.490 e. The zero-order valence-electron chi connectivity index (χ0n) is 12.7. The van der Waals surface area contributed by atoms with Crippen molar-refractivity contribution in [1.29, 1.82) is 0 Å². The molecule has 0 heterocycles. The normalized spacial score (nSPS) is 11.3. The van der Waals surface area contributed by atoms with Gasteiger partial charge < -0.3 is 19.7 Å². The lowest BCUT2D eigenvalue weighted by atomic mass is 10.3. The molecule has 0 fully saturated rings. The number of ether oxygens (including phenoxy) is 2. The van der Waals surface area contributed by atoms with Crippen LogP contribution in [0.3, 0.4) is 0 Å². The van der Waals surface area contributed by atoms with Crippen LogP contribution in [0.2, 0.25) is 20.1 Å². The van der Waals surface area contributed by atoms with Gasteiger partial charge in [0, 0.05) is 6.07 Å². The van der Waals surface area contributed by atoms with E-state index in [1.54, 1.807) is 24.3 Å². The summed E-state index contributed by atoms with van der Waals surface area (Å²) in [5.74, 6) is 0.925. The first-order chi connectivity index (χ1) is 11.3. The average molecular weight is 414 g/mol. The van der Waals surface area contributed by atoms with Crippen molar-refractivity contribution in [1.82, 2.24) is 0 Å². The maximum absolute atomic E-state index is 8.85. The van der Waals surface area contributed by atoms with E-state index in [2.05, 4.69) is 0 Å². The fourth-order valence-electron chi connectivity index (χ4n) is 1.49. The van der Waals surface area contributed by atoms with Crippen molar-refractivity contribution in [2.75, 3.05) is 13.2 Å². The van der Waals surface area contributed by atoms with Gasteiger partial charge >= 0.3 is 0 Å². The van der Waals surface area contributed by atoms with Gasteiger partial charge in [-0.2, -0.15) is 0 Å². The molecule has 0 aliphatic carbocycles. The van der Waals surface area contributed by atoms with Crippen LogP contribution in [0.15, 0.2) is 36.4 Å². The molecule has 0 bridgehead atoms. The number of aliphatic hydroxyl groups excluding tert-OH is 2. The number of hydrogen-bond acceptors (Lipinski definition) is 4. The van der Waals surface area contributed by atoms with E-state index < -0.39 is 6.29 Å². The summed E-state index contributed by atoms with van der Waals surface area (Å²) >= 11 is 23.0. The van der Waals surface area contributed by atoms with E-state index >= 15 is 0 Å². The Morgan fingerprint density at radius 2 is 1.54 bits per heavy atom. The quantitative estimate of drug-likeness (QED) is 0.530. The van der Waals surface area contributed by atoms with Crippen LogP contribution >= 0.6 is 46.4 Å². The zero-order chi connectivity index (χ0) is 18.1. The minimum atomic E-state index is -0.824. The predicted octanol–water partition coefficient (Wildman–Crippen LogP) is 5.08. The van der Waals surface area contributed by atoms with Gasteiger partial charge in [0.25, 0.3) is 0 Å². The molecule has 0 spiro atoms. The van der Waals surface area contributed by atoms with Crippen LogP contribution in [-0.2, 0) is 0 Å². The molecular formula is C16H16Cl4O4. The fraction of sp³-hybridized carbons (Fsp3) is 0.250. The monoisotopic (exact) mass is 412 g/mol. The zero-order valence-corrected chi connectivity index (χ0v) is 15.7. The highest BCUT2D eigenvalue weighted by atomic mass is 35.5. The van der Waals surface area contributed by atoms with E-state index in [9.17, 15) is 0 Å². The molecule has 1 atom stereocenters. The van der Waals surface area contributed by atoms with Gasteiger partial charge in [0.2, 0.25) is 0 Å². The summed E-state index contributed by atoms with van der Waals surface area (Å²) in [6.45, 7) is 1.64. The van der Waals surface area contributed by atoms with Gasteiger partial charge in [0.1, 0.15) is 18.1 Å². The third kappa shape index (κ3) is 7.34. The van der Waals surface area contributed by atoms with Crippen molar-refractivity contribution in [2.24, 2.45) is 0 Å². The van der Waals surface area contributed by atoms with Gasteiger partial charge in [0.15, 0.2) is 6.29 Å². The lowest BCUT2D eigenvalue weighted by Gasteiger charge is -2.08. The molecule has 0 saturated heterocycles. The van der Waals surface area contributed by atoms with E-state index in [1.165, 1.54) is 19.1 Å². The highest BCUT2D eigenvalue weighted by molar-refractivity contribution is 6.43. The third-order valence-corrected chi connectivity index (χ3v) is 3.79. The first-order valence-corrected chi connectivity index (χ1v) is 8.33. The maximum Gasteiger partial charge on any atom is 0.194 e. The molecule has 0 aliphatic rings.